The molecule has 0 radical (unpaired) electrons. The van der Waals surface area contributed by atoms with Crippen molar-refractivity contribution in [2.24, 2.45) is 0 Å². The summed E-state index contributed by atoms with van der Waals surface area (Å²) in [5, 5.41) is 0. The Morgan fingerprint density at radius 1 is 1.18 bits per heavy atom. The van der Waals surface area contributed by atoms with E-state index < -0.39 is 25.9 Å². The molecule has 0 aromatic heterocycles. The molecule has 0 atom stereocenters. The van der Waals surface area contributed by atoms with E-state index in [9.17, 15) is 21.2 Å². The van der Waals surface area contributed by atoms with Gasteiger partial charge in [-0.1, -0.05) is 12.1 Å². The van der Waals surface area contributed by atoms with E-state index >= 15 is 0 Å². The van der Waals surface area contributed by atoms with Crippen LogP contribution in [0.15, 0.2) is 47.4 Å². The minimum absolute atomic E-state index is 0.00969. The maximum absolute atomic E-state index is 13.9. The summed E-state index contributed by atoms with van der Waals surface area (Å²) in [4.78, 5) is -0.254. The number of sulfonamides is 2. The summed E-state index contributed by atoms with van der Waals surface area (Å²) >= 11 is 0. The van der Waals surface area contributed by atoms with E-state index in [0.717, 1.165) is 6.07 Å². The molecule has 10 heteroatoms. The van der Waals surface area contributed by atoms with Crippen molar-refractivity contribution >= 4 is 31.4 Å². The lowest BCUT2D eigenvalue weighted by Crippen LogP contribution is -2.38. The number of benzene rings is 2. The summed E-state index contributed by atoms with van der Waals surface area (Å²) in [6.07, 6.45) is 1.25. The third kappa shape index (κ3) is 4.22. The molecule has 2 aromatic carbocycles. The summed E-state index contributed by atoms with van der Waals surface area (Å²) in [6.45, 7) is 2.18. The molecule has 2 aromatic rings. The molecular weight excluding hydrogens is 407 g/mol. The highest BCUT2D eigenvalue weighted by Crippen LogP contribution is 2.33. The zero-order valence-corrected chi connectivity index (χ0v) is 16.9. The first-order chi connectivity index (χ1) is 13.2. The number of anilines is 2. The Hall–Kier alpha value is -2.33. The Morgan fingerprint density at radius 3 is 2.61 bits per heavy atom. The first-order valence-corrected chi connectivity index (χ1v) is 11.9. The van der Waals surface area contributed by atoms with Crippen LogP contribution in [0.25, 0.3) is 0 Å². The molecule has 7 nitrogen and oxygen atoms in total. The first kappa shape index (κ1) is 20.4. The van der Waals surface area contributed by atoms with Crippen molar-refractivity contribution in [3.8, 4) is 5.75 Å². The van der Waals surface area contributed by atoms with Crippen molar-refractivity contribution in [3.63, 3.8) is 0 Å². The number of hydrogen-bond donors (Lipinski definition) is 1. The van der Waals surface area contributed by atoms with E-state index in [1.54, 1.807) is 6.92 Å². The molecule has 28 heavy (non-hydrogen) atoms. The van der Waals surface area contributed by atoms with Gasteiger partial charge in [0.1, 0.15) is 16.5 Å². The number of hydrogen-bond acceptors (Lipinski definition) is 5. The van der Waals surface area contributed by atoms with Gasteiger partial charge in [0, 0.05) is 6.54 Å². The highest BCUT2D eigenvalue weighted by molar-refractivity contribution is 7.93. The van der Waals surface area contributed by atoms with E-state index in [2.05, 4.69) is 4.72 Å². The topological polar surface area (TPSA) is 92.8 Å². The number of nitrogens with one attached hydrogen (secondary N) is 1. The number of rotatable bonds is 6. The van der Waals surface area contributed by atoms with Gasteiger partial charge in [0.2, 0.25) is 10.0 Å². The van der Waals surface area contributed by atoms with Crippen LogP contribution in [-0.4, -0.2) is 35.7 Å². The van der Waals surface area contributed by atoms with Gasteiger partial charge in [-0.2, -0.15) is 0 Å². The lowest BCUT2D eigenvalue weighted by atomic mass is 10.2. The van der Waals surface area contributed by atoms with Crippen LogP contribution in [0.1, 0.15) is 19.8 Å². The van der Waals surface area contributed by atoms with Crippen molar-refractivity contribution in [1.29, 1.82) is 0 Å². The van der Waals surface area contributed by atoms with Gasteiger partial charge in [-0.25, -0.2) is 21.2 Å². The normalized spacial score (nSPS) is 16.6. The predicted octanol–water partition coefficient (Wildman–Crippen LogP) is 2.96. The smallest absolute Gasteiger partial charge is 0.265 e. The molecule has 1 N–H and O–H groups in total. The molecule has 1 saturated heterocycles. The first-order valence-electron chi connectivity index (χ1n) is 8.79. The van der Waals surface area contributed by atoms with Gasteiger partial charge >= 0.3 is 0 Å². The summed E-state index contributed by atoms with van der Waals surface area (Å²) in [7, 11) is -7.74. The quantitative estimate of drug-likeness (QED) is 0.764. The van der Waals surface area contributed by atoms with E-state index in [-0.39, 0.29) is 40.9 Å². The van der Waals surface area contributed by atoms with E-state index in [1.807, 2.05) is 0 Å². The zero-order valence-electron chi connectivity index (χ0n) is 15.3. The number of nitrogens with zero attached hydrogens (tertiary/aromatic N) is 1. The van der Waals surface area contributed by atoms with Gasteiger partial charge in [0.15, 0.2) is 0 Å². The second-order valence-electron chi connectivity index (χ2n) is 6.24. The van der Waals surface area contributed by atoms with Crippen LogP contribution in [0.3, 0.4) is 0 Å². The van der Waals surface area contributed by atoms with Crippen LogP contribution in [-0.2, 0) is 20.0 Å². The number of ether oxygens (including phenoxy) is 1. The second-order valence-corrected chi connectivity index (χ2v) is 9.91. The average Bonchev–Trinajstić information content (AvgIpc) is 2.64. The van der Waals surface area contributed by atoms with Gasteiger partial charge in [0.05, 0.1) is 23.7 Å². The number of para-hydroxylation sites is 1. The van der Waals surface area contributed by atoms with Crippen LogP contribution in [0, 0.1) is 5.82 Å². The summed E-state index contributed by atoms with van der Waals surface area (Å²) < 4.78 is 73.3. The Bertz CT molecular complexity index is 1070. The van der Waals surface area contributed by atoms with Crippen molar-refractivity contribution < 1.29 is 26.0 Å². The fourth-order valence-electron chi connectivity index (χ4n) is 2.96. The Labute approximate surface area is 164 Å². The van der Waals surface area contributed by atoms with Crippen molar-refractivity contribution in [3.05, 3.63) is 48.3 Å². The molecule has 1 aliphatic rings. The summed E-state index contributed by atoms with van der Waals surface area (Å²) in [5.41, 5.74) is 0.0259. The fraction of sp³-hybridized carbons (Fsp3) is 0.333. The second kappa shape index (κ2) is 7.96. The van der Waals surface area contributed by atoms with Crippen LogP contribution in [0.2, 0.25) is 0 Å². The molecule has 0 unspecified atom stereocenters. The zero-order chi connectivity index (χ0) is 20.4. The predicted molar refractivity (Wildman–Crippen MR) is 105 cm³/mol. The van der Waals surface area contributed by atoms with Crippen molar-refractivity contribution in [2.75, 3.05) is 27.9 Å². The lowest BCUT2D eigenvalue weighted by Gasteiger charge is -2.28. The molecule has 0 amide bonds. The van der Waals surface area contributed by atoms with Gasteiger partial charge in [-0.05, 0) is 50.1 Å². The molecule has 3 rings (SSSR count). The molecule has 0 spiro atoms. The third-order valence-electron chi connectivity index (χ3n) is 4.27. The summed E-state index contributed by atoms with van der Waals surface area (Å²) in [5.74, 6) is -0.654. The third-order valence-corrected chi connectivity index (χ3v) is 7.53. The van der Waals surface area contributed by atoms with Gasteiger partial charge < -0.3 is 4.74 Å². The van der Waals surface area contributed by atoms with E-state index in [4.69, 9.17) is 4.74 Å². The minimum Gasteiger partial charge on any atom is -0.492 e. The van der Waals surface area contributed by atoms with Crippen molar-refractivity contribution in [1.82, 2.24) is 0 Å². The van der Waals surface area contributed by atoms with Crippen LogP contribution >= 0.6 is 0 Å². The highest BCUT2D eigenvalue weighted by atomic mass is 32.2. The van der Waals surface area contributed by atoms with E-state index in [1.165, 1.54) is 40.7 Å². The standard InChI is InChI=1S/C18H21FN2O5S2/c1-2-26-17-10-9-14(21-11-5-6-12-27(21,22)23)13-18(17)28(24,25)20-16-8-4-3-7-15(16)19/h3-4,7-10,13,20H,2,5-6,11-12H2,1H3. The Balaban J connectivity index is 2.06. The molecule has 0 aliphatic carbocycles. The minimum atomic E-state index is -4.22. The number of halogens is 1. The van der Waals surface area contributed by atoms with E-state index in [0.29, 0.717) is 12.8 Å². The monoisotopic (exact) mass is 428 g/mol. The van der Waals surface area contributed by atoms with Crippen molar-refractivity contribution in [2.45, 2.75) is 24.7 Å². The molecule has 1 fully saturated rings. The molecule has 152 valence electrons. The Morgan fingerprint density at radius 2 is 1.93 bits per heavy atom. The fourth-order valence-corrected chi connectivity index (χ4v) is 5.82. The average molecular weight is 429 g/mol. The molecule has 0 bridgehead atoms. The highest BCUT2D eigenvalue weighted by Gasteiger charge is 2.29. The van der Waals surface area contributed by atoms with Crippen LogP contribution in [0.5, 0.6) is 5.75 Å². The molecular formula is C18H21FN2O5S2. The van der Waals surface area contributed by atoms with Crippen LogP contribution in [0.4, 0.5) is 15.8 Å². The molecule has 0 saturated carbocycles. The van der Waals surface area contributed by atoms with Gasteiger partial charge in [-0.15, -0.1) is 0 Å². The lowest BCUT2D eigenvalue weighted by molar-refractivity contribution is 0.331. The summed E-state index contributed by atoms with van der Waals surface area (Å²) in [6, 6.07) is 9.55. The maximum Gasteiger partial charge on any atom is 0.265 e. The Kier molecular flexibility index (Phi) is 5.80. The van der Waals surface area contributed by atoms with Gasteiger partial charge in [-0.3, -0.25) is 9.03 Å². The SMILES string of the molecule is CCOc1ccc(N2CCCCS2(=O)=O)cc1S(=O)(=O)Nc1ccccc1F. The van der Waals surface area contributed by atoms with Crippen LogP contribution < -0.4 is 13.8 Å². The largest absolute Gasteiger partial charge is 0.492 e. The van der Waals surface area contributed by atoms with Gasteiger partial charge in [0.25, 0.3) is 10.0 Å². The molecule has 1 heterocycles. The maximum atomic E-state index is 13.9. The molecule has 1 aliphatic heterocycles.